The van der Waals surface area contributed by atoms with Gasteiger partial charge in [0.05, 0.1) is 18.6 Å². The molecule has 0 saturated carbocycles. The van der Waals surface area contributed by atoms with Crippen LogP contribution in [0.4, 0.5) is 86.9 Å². The molecule has 6 aromatic carbocycles. The number of benzene rings is 6. The summed E-state index contributed by atoms with van der Waals surface area (Å²) < 4.78 is 5.05. The van der Waals surface area contributed by atoms with E-state index in [1.165, 1.54) is 0 Å². The molecule has 0 radical (unpaired) electrons. The number of carbonyl (C=O) groups excluding carboxylic acids is 6. The van der Waals surface area contributed by atoms with Crippen molar-refractivity contribution in [2.24, 2.45) is 0 Å². The summed E-state index contributed by atoms with van der Waals surface area (Å²) in [6, 6.07) is 45.1. The molecule has 116 heavy (non-hydrogen) atoms. The number of nitrogens with one attached hydrogen (secondary N) is 9. The van der Waals surface area contributed by atoms with Crippen molar-refractivity contribution in [2.45, 2.75) is 103 Å². The summed E-state index contributed by atoms with van der Waals surface area (Å²) in [5.74, 6) is 2.66. The van der Waals surface area contributed by atoms with Crippen molar-refractivity contribution in [1.29, 1.82) is 0 Å². The van der Waals surface area contributed by atoms with E-state index in [2.05, 4.69) is 94.1 Å². The summed E-state index contributed by atoms with van der Waals surface area (Å²) in [5, 5.41) is 42.4. The molecule has 6 amide bonds. The molecule has 2 saturated heterocycles. The van der Waals surface area contributed by atoms with Gasteiger partial charge in [-0.3, -0.25) is 28.8 Å². The Morgan fingerprint density at radius 1 is 0.414 bits per heavy atom. The number of anilines is 15. The van der Waals surface area contributed by atoms with Gasteiger partial charge in [0.1, 0.15) is 0 Å². The number of rotatable bonds is 12. The van der Waals surface area contributed by atoms with E-state index >= 15 is 0 Å². The first-order chi connectivity index (χ1) is 56.5. The number of amides is 6. The average molecular weight is 1560 g/mol. The molecule has 5 aliphatic heterocycles. The van der Waals surface area contributed by atoms with Gasteiger partial charge in [-0.2, -0.15) is 58.7 Å². The van der Waals surface area contributed by atoms with Gasteiger partial charge < -0.3 is 72.4 Å². The molecule has 32 nitrogen and oxygen atoms in total. The van der Waals surface area contributed by atoms with E-state index in [1.54, 1.807) is 37.0 Å². The molecule has 17 rings (SSSR count). The van der Waals surface area contributed by atoms with Gasteiger partial charge in [0, 0.05) is 162 Å². The largest absolute Gasteiger partial charge is 0.339 e. The predicted octanol–water partition coefficient (Wildman–Crippen LogP) is 12.5. The summed E-state index contributed by atoms with van der Waals surface area (Å²) in [5.41, 5.74) is 13.5. The van der Waals surface area contributed by atoms with E-state index < -0.39 is 0 Å². The zero-order chi connectivity index (χ0) is 80.2. The first kappa shape index (κ1) is 77.8. The van der Waals surface area contributed by atoms with Crippen LogP contribution in [0.2, 0.25) is 0 Å². The molecule has 1 unspecified atom stereocenters. The third kappa shape index (κ3) is 18.9. The maximum absolute atomic E-state index is 13.3. The molecule has 5 aliphatic rings. The molecule has 1 atom stereocenters. The van der Waals surface area contributed by atoms with Gasteiger partial charge in [0.25, 0.3) is 17.7 Å². The Bertz CT molecular complexity index is 5610. The van der Waals surface area contributed by atoms with Crippen LogP contribution in [-0.4, -0.2) is 198 Å². The second kappa shape index (κ2) is 35.7. The number of likely N-dealkylation sites (N-methyl/N-ethyl adjacent to an activating group) is 2. The molecule has 9 N–H and O–H groups in total. The van der Waals surface area contributed by atoms with Crippen LogP contribution in [0, 0.1) is 0 Å². The lowest BCUT2D eigenvalue weighted by atomic mass is 10.1. The third-order valence-electron chi connectivity index (χ3n) is 20.9. The summed E-state index contributed by atoms with van der Waals surface area (Å²) in [4.78, 5) is 115. The maximum atomic E-state index is 13.3. The molecular formula is C84H94N26O6. The fourth-order valence-corrected chi connectivity index (χ4v) is 14.6. The number of aromatic nitrogens is 12. The minimum atomic E-state index is -0.0152. The lowest BCUT2D eigenvalue weighted by Crippen LogP contribution is -2.47. The van der Waals surface area contributed by atoms with Gasteiger partial charge in [-0.25, -0.2) is 0 Å². The topological polar surface area (TPSA) is 356 Å². The minimum absolute atomic E-state index is 0.000968. The van der Waals surface area contributed by atoms with Crippen LogP contribution in [0.25, 0.3) is 16.9 Å². The quantitative estimate of drug-likeness (QED) is 0.0548. The number of hydrogen-bond donors (Lipinski definition) is 9. The van der Waals surface area contributed by atoms with Crippen LogP contribution in [0.15, 0.2) is 164 Å². The molecule has 0 aliphatic carbocycles. The van der Waals surface area contributed by atoms with Crippen molar-refractivity contribution >= 4 is 139 Å². The van der Waals surface area contributed by atoms with Crippen LogP contribution in [-0.2, 0) is 33.6 Å². The van der Waals surface area contributed by atoms with Crippen LogP contribution < -0.4 is 47.9 Å². The van der Waals surface area contributed by atoms with E-state index in [-0.39, 0.29) is 35.4 Å². The molecular weight excluding hydrogens is 1470 g/mol. The van der Waals surface area contributed by atoms with E-state index in [9.17, 15) is 28.8 Å². The number of hydrogen-bond acceptors (Lipinski definition) is 23. The van der Waals surface area contributed by atoms with Crippen LogP contribution >= 0.6 is 0 Å². The maximum Gasteiger partial charge on any atom is 0.254 e. The fourth-order valence-electron chi connectivity index (χ4n) is 14.6. The number of likely N-dealkylation sites (tertiary alicyclic amines) is 1. The highest BCUT2D eigenvalue weighted by Crippen LogP contribution is 2.31. The monoisotopic (exact) mass is 1560 g/mol. The fraction of sp³-hybridized carbons (Fsp3) is 0.321. The van der Waals surface area contributed by atoms with E-state index in [0.717, 1.165) is 154 Å². The Morgan fingerprint density at radius 2 is 0.759 bits per heavy atom. The highest BCUT2D eigenvalue weighted by molar-refractivity contribution is 5.98. The number of nitrogens with zero attached hydrogens (tertiary/aromatic N) is 17. The van der Waals surface area contributed by atoms with Gasteiger partial charge in [-0.1, -0.05) is 36.4 Å². The summed E-state index contributed by atoms with van der Waals surface area (Å²) in [6.45, 7) is 9.89. The Hall–Kier alpha value is -13.5. The molecule has 596 valence electrons. The summed E-state index contributed by atoms with van der Waals surface area (Å²) in [7, 11) is 6.18. The second-order valence-electron chi connectivity index (χ2n) is 29.6. The lowest BCUT2D eigenvalue weighted by Gasteiger charge is -2.32. The second-order valence-corrected chi connectivity index (χ2v) is 29.6. The number of aryl methyl sites for hydroxylation is 3. The van der Waals surface area contributed by atoms with Crippen molar-refractivity contribution in [2.75, 3.05) is 121 Å². The first-order valence-corrected chi connectivity index (χ1v) is 39.6. The molecule has 12 bridgehead atoms. The van der Waals surface area contributed by atoms with Crippen molar-refractivity contribution in [1.82, 2.24) is 83.2 Å². The Morgan fingerprint density at radius 3 is 1.13 bits per heavy atom. The Labute approximate surface area is 670 Å². The molecule has 6 aromatic heterocycles. The molecule has 2 fully saturated rings. The average Bonchev–Trinajstić information content (AvgIpc) is 1.71. The molecule has 32 heteroatoms. The van der Waals surface area contributed by atoms with E-state index in [1.807, 2.05) is 169 Å². The molecule has 0 spiro atoms. The summed E-state index contributed by atoms with van der Waals surface area (Å²) in [6.07, 6.45) is 14.7. The Kier molecular flexibility index (Phi) is 23.9. The van der Waals surface area contributed by atoms with Crippen molar-refractivity contribution < 1.29 is 28.8 Å². The Balaban J connectivity index is 0.000000137. The van der Waals surface area contributed by atoms with Crippen molar-refractivity contribution in [3.05, 3.63) is 198 Å². The van der Waals surface area contributed by atoms with Gasteiger partial charge in [0.15, 0.2) is 16.9 Å². The normalized spacial score (nSPS) is 15.9. The highest BCUT2D eigenvalue weighted by atomic mass is 16.2. The lowest BCUT2D eigenvalue weighted by molar-refractivity contribution is -0.117. The predicted molar refractivity (Wildman–Crippen MR) is 448 cm³/mol. The zero-order valence-corrected chi connectivity index (χ0v) is 65.6. The SMILES string of the molecule is CCN(CC)C(=O)c1cccc(Nc2nc3nc4c(cnn24)CCCCC(=O)Nc2cccc(c2)N3)c1.CN(C)C1CCN(C(=O)c2cccc(Nc3nc4nc5c(cnn35)CCCCC(=O)Nc3cccc(c3)N4)c2)C1.CN1CCN(C(=O)c2cccc(Nc3nc4nc5c(cnn35)CCCCC(=O)Nc3cccc(c3)N4)c2)CC1. The first-order valence-electron chi connectivity index (χ1n) is 39.6. The van der Waals surface area contributed by atoms with Crippen molar-refractivity contribution in [3.63, 3.8) is 0 Å². The zero-order valence-electron chi connectivity index (χ0n) is 65.6. The van der Waals surface area contributed by atoms with Gasteiger partial charge >= 0.3 is 0 Å². The highest BCUT2D eigenvalue weighted by Gasteiger charge is 2.30. The van der Waals surface area contributed by atoms with Crippen LogP contribution in [0.5, 0.6) is 0 Å². The number of fused-ring (bicyclic) bond motifs is 9. The van der Waals surface area contributed by atoms with Gasteiger partial charge in [-0.15, -0.1) is 0 Å². The molecule has 11 heterocycles. The van der Waals surface area contributed by atoms with Gasteiger partial charge in [-0.05, 0) is 208 Å². The number of carbonyl (C=O) groups is 6. The van der Waals surface area contributed by atoms with E-state index in [4.69, 9.17) is 29.9 Å². The smallest absolute Gasteiger partial charge is 0.254 e. The standard InChI is InChI=1S/C29H33N9O2.C28H31N9O2.C27H30N8O2/c1-36(2)24-13-14-37(18-24)27(40)19-8-5-9-21(15-19)33-29-35-28-32-23-11-6-10-22(16-23)31-25(39)12-4-3-7-20-17-30-38(29)26(20)34-28;1-35-12-14-36(15-13-35)26(39)19-7-4-8-21(16-19)32-28-34-27-31-23-10-5-9-22(17-23)30-24(38)11-3-2-6-20-18-29-37(28)25(20)33-27;1-3-34(4-2)25(37)18-10-7-11-20(15-18)31-27-33-26-30-22-13-8-12-21(16-22)29-23(36)14-6-5-9-19-17-28-35(27)24(19)32-26/h5-6,8-11,15-17,24H,3-4,7,12-14,18H2,1-2H3,(H,31,39)(H2,32,33,34,35);4-5,7-10,16-18H,2-3,6,11-15H2,1H3,(H,30,38)(H2,31,32,33,34);7-8,10-13,15-17H,3-6,9,14H2,1-2H3,(H,29,36)(H2,30,31,32,33). The summed E-state index contributed by atoms with van der Waals surface area (Å²) >= 11 is 0. The van der Waals surface area contributed by atoms with E-state index in [0.29, 0.717) is 125 Å². The number of piperazine rings is 1. The third-order valence-corrected chi connectivity index (χ3v) is 20.9. The molecule has 12 aromatic rings. The minimum Gasteiger partial charge on any atom is -0.339 e. The van der Waals surface area contributed by atoms with Gasteiger partial charge in [0.2, 0.25) is 53.4 Å². The van der Waals surface area contributed by atoms with Crippen LogP contribution in [0.3, 0.4) is 0 Å². The van der Waals surface area contributed by atoms with Crippen molar-refractivity contribution in [3.8, 4) is 0 Å². The van der Waals surface area contributed by atoms with Crippen LogP contribution in [0.1, 0.15) is 126 Å².